The molecule has 98 valence electrons. The molecule has 0 aromatic rings. The van der Waals surface area contributed by atoms with Crippen LogP contribution in [-0.2, 0) is 19.2 Å². The predicted molar refractivity (Wildman–Crippen MR) is 60.2 cm³/mol. The molecule has 1 aliphatic rings. The van der Waals surface area contributed by atoms with Gasteiger partial charge in [-0.05, 0) is 25.7 Å². The Morgan fingerprint density at radius 1 is 1.18 bits per heavy atom. The van der Waals surface area contributed by atoms with Crippen molar-refractivity contribution in [3.63, 3.8) is 0 Å². The highest BCUT2D eigenvalue weighted by molar-refractivity contribution is 5.78. The molecule has 1 fully saturated rings. The lowest BCUT2D eigenvalue weighted by molar-refractivity contribution is -0.396. The van der Waals surface area contributed by atoms with Crippen LogP contribution in [-0.4, -0.2) is 22.8 Å². The van der Waals surface area contributed by atoms with Gasteiger partial charge < -0.3 is 4.74 Å². The van der Waals surface area contributed by atoms with Crippen LogP contribution < -0.4 is 0 Å². The number of ether oxygens (including phenoxy) is 1. The smallest absolute Gasteiger partial charge is 0.305 e. The van der Waals surface area contributed by atoms with Crippen LogP contribution in [0.3, 0.4) is 0 Å². The third-order valence-corrected chi connectivity index (χ3v) is 3.02. The third kappa shape index (κ3) is 4.83. The number of ketones is 1. The van der Waals surface area contributed by atoms with E-state index in [9.17, 15) is 9.59 Å². The van der Waals surface area contributed by atoms with Crippen molar-refractivity contribution in [1.82, 2.24) is 0 Å². The number of rotatable bonds is 2. The molecule has 0 saturated heterocycles. The van der Waals surface area contributed by atoms with Crippen LogP contribution in [0.15, 0.2) is 0 Å². The lowest BCUT2D eigenvalue weighted by atomic mass is 9.96. The van der Waals surface area contributed by atoms with Gasteiger partial charge >= 0.3 is 5.97 Å². The van der Waals surface area contributed by atoms with Crippen LogP contribution in [0.1, 0.15) is 58.3 Å². The summed E-state index contributed by atoms with van der Waals surface area (Å²) in [7, 11) is 0. The van der Waals surface area contributed by atoms with Gasteiger partial charge in [0, 0.05) is 32.6 Å². The van der Waals surface area contributed by atoms with Gasteiger partial charge in [-0.1, -0.05) is 0 Å². The van der Waals surface area contributed by atoms with E-state index in [4.69, 9.17) is 9.99 Å². The molecule has 0 spiro atoms. The standard InChI is InChI=1S/C12H20O5/c1-10(13)16-12(17-15)8-4-2-6-11(14)7-3-5-9-12/h15H,2-9H2,1H3. The first-order chi connectivity index (χ1) is 8.08. The van der Waals surface area contributed by atoms with Crippen LogP contribution in [0.4, 0.5) is 0 Å². The minimum absolute atomic E-state index is 0.287. The van der Waals surface area contributed by atoms with Crippen molar-refractivity contribution in [2.75, 3.05) is 0 Å². The third-order valence-electron chi connectivity index (χ3n) is 3.02. The fraction of sp³-hybridized carbons (Fsp3) is 0.833. The minimum atomic E-state index is -1.22. The number of carbonyl (C=O) groups is 2. The Balaban J connectivity index is 2.61. The van der Waals surface area contributed by atoms with E-state index in [0.717, 1.165) is 12.8 Å². The zero-order valence-corrected chi connectivity index (χ0v) is 10.2. The van der Waals surface area contributed by atoms with Crippen molar-refractivity contribution < 1.29 is 24.5 Å². The Kier molecular flexibility index (Phi) is 5.58. The highest BCUT2D eigenvalue weighted by Crippen LogP contribution is 2.28. The van der Waals surface area contributed by atoms with Gasteiger partial charge in [0.15, 0.2) is 0 Å². The normalized spacial score (nSPS) is 21.9. The maximum atomic E-state index is 11.3. The van der Waals surface area contributed by atoms with Gasteiger partial charge in [0.25, 0.3) is 0 Å². The molecule has 0 heterocycles. The molecule has 0 radical (unpaired) electrons. The fourth-order valence-corrected chi connectivity index (χ4v) is 2.16. The number of Topliss-reactive ketones (excluding diaryl/α,β-unsaturated/α-hetero) is 1. The predicted octanol–water partition coefficient (Wildman–Crippen LogP) is 2.44. The van der Waals surface area contributed by atoms with Gasteiger partial charge in [-0.15, -0.1) is 0 Å². The van der Waals surface area contributed by atoms with Gasteiger partial charge in [0.05, 0.1) is 0 Å². The summed E-state index contributed by atoms with van der Waals surface area (Å²) in [5, 5.41) is 8.98. The van der Waals surface area contributed by atoms with Crippen LogP contribution in [0, 0.1) is 0 Å². The van der Waals surface area contributed by atoms with Crippen LogP contribution in [0.2, 0.25) is 0 Å². The molecular weight excluding hydrogens is 224 g/mol. The summed E-state index contributed by atoms with van der Waals surface area (Å²) < 4.78 is 5.09. The van der Waals surface area contributed by atoms with Crippen molar-refractivity contribution >= 4 is 11.8 Å². The molecule has 1 aliphatic carbocycles. The van der Waals surface area contributed by atoms with Crippen molar-refractivity contribution in [3.05, 3.63) is 0 Å². The van der Waals surface area contributed by atoms with Crippen LogP contribution in [0.25, 0.3) is 0 Å². The summed E-state index contributed by atoms with van der Waals surface area (Å²) in [4.78, 5) is 26.8. The molecular formula is C12H20O5. The molecule has 1 saturated carbocycles. The Bertz CT molecular complexity index is 260. The average molecular weight is 244 g/mol. The highest BCUT2D eigenvalue weighted by atomic mass is 17.1. The van der Waals surface area contributed by atoms with Crippen LogP contribution in [0.5, 0.6) is 0 Å². The molecule has 0 aromatic carbocycles. The molecule has 5 nitrogen and oxygen atoms in total. The molecule has 0 aromatic heterocycles. The molecule has 0 amide bonds. The highest BCUT2D eigenvalue weighted by Gasteiger charge is 2.34. The van der Waals surface area contributed by atoms with Crippen molar-refractivity contribution in [3.8, 4) is 0 Å². The van der Waals surface area contributed by atoms with E-state index in [1.165, 1.54) is 6.92 Å². The zero-order valence-electron chi connectivity index (χ0n) is 10.2. The minimum Gasteiger partial charge on any atom is -0.431 e. The number of hydrogen-bond donors (Lipinski definition) is 1. The maximum absolute atomic E-state index is 11.3. The maximum Gasteiger partial charge on any atom is 0.305 e. The Hall–Kier alpha value is -0.940. The number of hydrogen-bond acceptors (Lipinski definition) is 5. The van der Waals surface area contributed by atoms with Crippen molar-refractivity contribution in [2.24, 2.45) is 0 Å². The molecule has 5 heteroatoms. The van der Waals surface area contributed by atoms with E-state index in [1.54, 1.807) is 0 Å². The van der Waals surface area contributed by atoms with Crippen molar-refractivity contribution in [2.45, 2.75) is 64.1 Å². The summed E-state index contributed by atoms with van der Waals surface area (Å²) in [6.07, 6.45) is 4.84. The van der Waals surface area contributed by atoms with E-state index in [2.05, 4.69) is 4.89 Å². The second-order valence-corrected chi connectivity index (χ2v) is 4.55. The van der Waals surface area contributed by atoms with Gasteiger partial charge in [-0.3, -0.25) is 9.59 Å². The van der Waals surface area contributed by atoms with E-state index in [-0.39, 0.29) is 5.78 Å². The Morgan fingerprint density at radius 3 is 2.12 bits per heavy atom. The molecule has 0 atom stereocenters. The number of carbonyl (C=O) groups excluding carboxylic acids is 2. The van der Waals surface area contributed by atoms with Crippen LogP contribution >= 0.6 is 0 Å². The average Bonchev–Trinajstić information content (AvgIpc) is 2.29. The van der Waals surface area contributed by atoms with E-state index in [1.807, 2.05) is 0 Å². The Labute approximate surface area is 101 Å². The first-order valence-electron chi connectivity index (χ1n) is 6.12. The summed E-state index contributed by atoms with van der Waals surface area (Å²) >= 11 is 0. The second-order valence-electron chi connectivity index (χ2n) is 4.55. The SMILES string of the molecule is CC(=O)OC1(OO)CCCCC(=O)CCCC1. The largest absolute Gasteiger partial charge is 0.431 e. The molecule has 1 N–H and O–H groups in total. The van der Waals surface area contributed by atoms with E-state index >= 15 is 0 Å². The zero-order chi connectivity index (χ0) is 12.7. The van der Waals surface area contributed by atoms with Crippen molar-refractivity contribution in [1.29, 1.82) is 0 Å². The Morgan fingerprint density at radius 2 is 1.71 bits per heavy atom. The lowest BCUT2D eigenvalue weighted by Crippen LogP contribution is -2.37. The lowest BCUT2D eigenvalue weighted by Gasteiger charge is -2.30. The van der Waals surface area contributed by atoms with E-state index < -0.39 is 11.8 Å². The molecule has 0 aliphatic heterocycles. The summed E-state index contributed by atoms with van der Waals surface area (Å²) in [6, 6.07) is 0. The molecule has 0 bridgehead atoms. The molecule has 1 rings (SSSR count). The number of esters is 1. The van der Waals surface area contributed by atoms with E-state index in [0.29, 0.717) is 38.5 Å². The quantitative estimate of drug-likeness (QED) is 0.349. The van der Waals surface area contributed by atoms with Gasteiger partial charge in [0.2, 0.25) is 5.79 Å². The summed E-state index contributed by atoms with van der Waals surface area (Å²) in [5.41, 5.74) is 0. The second kappa shape index (κ2) is 6.71. The van der Waals surface area contributed by atoms with Gasteiger partial charge in [-0.25, -0.2) is 5.26 Å². The topological polar surface area (TPSA) is 72.8 Å². The monoisotopic (exact) mass is 244 g/mol. The summed E-state index contributed by atoms with van der Waals surface area (Å²) in [5.74, 6) is -1.39. The first-order valence-corrected chi connectivity index (χ1v) is 6.12. The molecule has 0 unspecified atom stereocenters. The fourth-order valence-electron chi connectivity index (χ4n) is 2.16. The molecule has 17 heavy (non-hydrogen) atoms. The summed E-state index contributed by atoms with van der Waals surface area (Å²) in [6.45, 7) is 1.29. The van der Waals surface area contributed by atoms with Gasteiger partial charge in [-0.2, -0.15) is 4.89 Å². The first kappa shape index (κ1) is 14.1. The van der Waals surface area contributed by atoms with Gasteiger partial charge in [0.1, 0.15) is 5.78 Å².